The Hall–Kier alpha value is -16.7. The smallest absolute Gasteiger partial charge is 0.264 e. The van der Waals surface area contributed by atoms with Gasteiger partial charge in [-0.3, -0.25) is 46.9 Å². The van der Waals surface area contributed by atoms with E-state index in [0.717, 1.165) is 95.9 Å². The number of nitrogens with one attached hydrogen (secondary N) is 4. The quantitative estimate of drug-likeness (QED) is 0.0584. The van der Waals surface area contributed by atoms with Crippen LogP contribution in [0.4, 0.5) is 35.9 Å². The van der Waals surface area contributed by atoms with Crippen molar-refractivity contribution in [1.29, 1.82) is 0 Å². The van der Waals surface area contributed by atoms with E-state index in [1.54, 1.807) is 182 Å². The van der Waals surface area contributed by atoms with Crippen LogP contribution in [0.3, 0.4) is 0 Å². The Balaban J connectivity index is 0.000000113. The fourth-order valence-corrected chi connectivity index (χ4v) is 18.3. The molecule has 1 saturated carbocycles. The van der Waals surface area contributed by atoms with Crippen LogP contribution < -0.4 is 43.5 Å². The second-order valence-corrected chi connectivity index (χ2v) is 34.4. The summed E-state index contributed by atoms with van der Waals surface area (Å²) in [6.07, 6.45) is 29.9. The number of nitrogens with zero attached hydrogens (tertiary/aromatic N) is 22. The first-order valence-corrected chi connectivity index (χ1v) is 44.8. The van der Waals surface area contributed by atoms with Gasteiger partial charge in [0.1, 0.15) is 17.5 Å². The number of hydrogen-bond acceptors (Lipinski definition) is 19. The van der Waals surface area contributed by atoms with Crippen molar-refractivity contribution >= 4 is 123 Å². The van der Waals surface area contributed by atoms with Gasteiger partial charge in [0.15, 0.2) is 32.9 Å². The number of halogens is 6. The van der Waals surface area contributed by atoms with E-state index in [4.69, 9.17) is 34.8 Å². The third kappa shape index (κ3) is 17.4. The number of hydrogen-bond donors (Lipinski definition) is 4. The van der Waals surface area contributed by atoms with Crippen molar-refractivity contribution in [3.63, 3.8) is 0 Å². The molecular weight excluding hydrogens is 1800 g/mol. The molecule has 1 aliphatic rings. The van der Waals surface area contributed by atoms with E-state index in [0.29, 0.717) is 93.9 Å². The van der Waals surface area contributed by atoms with Gasteiger partial charge < -0.3 is 25.8 Å². The summed E-state index contributed by atoms with van der Waals surface area (Å²) >= 11 is 18.8. The molecule has 15 aromatic heterocycles. The second-order valence-electron chi connectivity index (χ2n) is 33.3. The summed E-state index contributed by atoms with van der Waals surface area (Å²) in [4.78, 5) is 73.2. The van der Waals surface area contributed by atoms with E-state index in [2.05, 4.69) is 89.9 Å². The number of aryl methyl sites for hydroxylation is 3. The van der Waals surface area contributed by atoms with Crippen LogP contribution in [0.5, 0.6) is 0 Å². The standard InChI is InChI=1S/C27H21ClFN7O.C27H22FN7O.C24H22ClN7O.C23H17ClFN5O/c1-16(32-22-13-24(28)33-35-10-9-30-26(22)35)23-11-17-5-3-8-21(18-14-31-34(2)15-18)25(17)27(37)36(23)20-7-4-6-19(29)12-20;1-17(32-23-9-10-30-34-12-11-29-26(23)34)24-13-18-5-3-8-22(19-15-31-33(2)16-19)25(18)27(36)35(24)21-7-4-6-20(28)14-21;1-14(28-19-11-21(25)29-31-9-8-26-23(19)31)20-10-15-4-3-5-18(16-12-27-30(2)13-16)22(15)24(33)32(20)17-6-7-17;1-14(28-19-8-9-27-29-11-10-26-22(19)29)20-12-15-4-2-7-18(24)21(15)23(31)30(20)17-6-3-5-16(25)13-17/h3-16,32H,1-2H3;3-17,32H,1-2H3;3-5,8-14,17,28H,6-7H2,1-2H3;2-14,28H,1H3/t16-;17-;2*14-/m0000/s1. The maximum absolute atomic E-state index is 14.3. The minimum absolute atomic E-state index is 0.0387. The molecule has 15 heterocycles. The third-order valence-corrected chi connectivity index (χ3v) is 24.6. The Morgan fingerprint density at radius 1 is 0.343 bits per heavy atom. The van der Waals surface area contributed by atoms with Gasteiger partial charge in [0.2, 0.25) is 0 Å². The van der Waals surface area contributed by atoms with Crippen LogP contribution in [0.15, 0.2) is 312 Å². The molecule has 1 aliphatic carbocycles. The van der Waals surface area contributed by atoms with Crippen molar-refractivity contribution in [1.82, 2.24) is 106 Å². The molecule has 0 amide bonds. The van der Waals surface area contributed by atoms with E-state index >= 15 is 0 Å². The van der Waals surface area contributed by atoms with Crippen LogP contribution in [0.2, 0.25) is 15.3 Å². The Morgan fingerprint density at radius 2 is 0.664 bits per heavy atom. The molecule has 22 aromatic rings. The molecule has 1 fully saturated rings. The Morgan fingerprint density at radius 3 is 1.03 bits per heavy atom. The number of imidazole rings is 4. The summed E-state index contributed by atoms with van der Waals surface area (Å²) in [6, 6.07) is 54.9. The average Bonchev–Trinajstić information content (AvgIpc) is 1.67. The number of pyridine rings is 4. The lowest BCUT2D eigenvalue weighted by atomic mass is 9.99. The first-order chi connectivity index (χ1) is 66.4. The summed E-state index contributed by atoms with van der Waals surface area (Å²) in [5, 5.41) is 50.0. The fourth-order valence-electron chi connectivity index (χ4n) is 17.7. The SMILES string of the molecule is C[C@H](Nc1cc(Cl)nn2ccnc12)c1cc2cccc(-c3cnn(C)c3)c2c(=O)n1-c1cccc(F)c1.C[C@H](Nc1cc(Cl)nn2ccnc12)c1cc2cccc(-c3cnn(C)c3)c2c(=O)n1C1CC1.C[C@H](Nc1ccnn2ccnc12)c1cc2cccc(-c3cnn(C)c3)c2c(=O)n1-c1cccc(F)c1.C[C@H](Nc1ccnn2ccnc12)c1cc2cccc(Cl)c2c(=O)n1-c1cccc(F)c1. The van der Waals surface area contributed by atoms with Gasteiger partial charge >= 0.3 is 0 Å². The minimum Gasteiger partial charge on any atom is -0.374 e. The summed E-state index contributed by atoms with van der Waals surface area (Å²) < 4.78 is 61.0. The molecule has 23 rings (SSSR count). The van der Waals surface area contributed by atoms with Gasteiger partial charge in [-0.05, 0) is 176 Å². The summed E-state index contributed by atoms with van der Waals surface area (Å²) in [7, 11) is 5.54. The maximum atomic E-state index is 14.3. The van der Waals surface area contributed by atoms with Gasteiger partial charge in [-0.2, -0.15) is 35.7 Å². The van der Waals surface area contributed by atoms with E-state index in [1.165, 1.54) is 41.0 Å². The van der Waals surface area contributed by atoms with Crippen molar-refractivity contribution < 1.29 is 13.2 Å². The lowest BCUT2D eigenvalue weighted by molar-refractivity contribution is 0.625. The van der Waals surface area contributed by atoms with E-state index in [-0.39, 0.29) is 52.4 Å². The zero-order chi connectivity index (χ0) is 94.7. The molecule has 36 heteroatoms. The first-order valence-electron chi connectivity index (χ1n) is 43.7. The lowest BCUT2D eigenvalue weighted by Crippen LogP contribution is -2.26. The molecule has 0 spiro atoms. The number of fused-ring (bicyclic) bond motifs is 8. The van der Waals surface area contributed by atoms with E-state index < -0.39 is 17.5 Å². The Labute approximate surface area is 791 Å². The molecule has 137 heavy (non-hydrogen) atoms. The highest BCUT2D eigenvalue weighted by Gasteiger charge is 2.32. The van der Waals surface area contributed by atoms with Crippen molar-refractivity contribution in [3.8, 4) is 50.4 Å². The van der Waals surface area contributed by atoms with Crippen molar-refractivity contribution in [2.45, 2.75) is 70.7 Å². The predicted octanol–water partition coefficient (Wildman–Crippen LogP) is 19.8. The van der Waals surface area contributed by atoms with Gasteiger partial charge in [0.25, 0.3) is 22.2 Å². The highest BCUT2D eigenvalue weighted by Crippen LogP contribution is 2.41. The normalized spacial score (nSPS) is 12.9. The summed E-state index contributed by atoms with van der Waals surface area (Å²) in [5.41, 5.74) is 14.1. The fraction of sp³-hybridized carbons (Fsp3) is 0.139. The first kappa shape index (κ1) is 88.3. The van der Waals surface area contributed by atoms with Crippen LogP contribution in [0.1, 0.15) is 93.5 Å². The largest absolute Gasteiger partial charge is 0.374 e. The van der Waals surface area contributed by atoms with Crippen LogP contribution in [0.25, 0.3) is 116 Å². The van der Waals surface area contributed by atoms with E-state index in [1.807, 2.05) is 156 Å². The molecule has 4 N–H and O–H groups in total. The third-order valence-electron chi connectivity index (χ3n) is 24.0. The molecule has 4 atom stereocenters. The average molecular weight is 1890 g/mol. The summed E-state index contributed by atoms with van der Waals surface area (Å²) in [6.45, 7) is 7.87. The predicted molar refractivity (Wildman–Crippen MR) is 527 cm³/mol. The number of anilines is 4. The van der Waals surface area contributed by atoms with Crippen LogP contribution in [-0.4, -0.2) is 106 Å². The van der Waals surface area contributed by atoms with Gasteiger partial charge in [-0.1, -0.05) is 120 Å². The van der Waals surface area contributed by atoms with Gasteiger partial charge in [0.05, 0.1) is 122 Å². The molecule has 0 radical (unpaired) electrons. The molecular formula is C101H82Cl3F3N26O4. The Bertz CT molecular complexity index is 8720. The highest BCUT2D eigenvalue weighted by atomic mass is 35.5. The second kappa shape index (κ2) is 36.7. The number of rotatable bonds is 19. The Kier molecular flexibility index (Phi) is 23.7. The zero-order valence-electron chi connectivity index (χ0n) is 74.3. The van der Waals surface area contributed by atoms with Gasteiger partial charge in [0, 0.05) is 147 Å². The zero-order valence-corrected chi connectivity index (χ0v) is 76.5. The van der Waals surface area contributed by atoms with Crippen molar-refractivity contribution in [2.24, 2.45) is 21.1 Å². The van der Waals surface area contributed by atoms with Crippen molar-refractivity contribution in [3.05, 3.63) is 390 Å². The monoisotopic (exact) mass is 1880 g/mol. The topological polar surface area (TPSA) is 310 Å². The van der Waals surface area contributed by atoms with Crippen LogP contribution >= 0.6 is 34.8 Å². The molecule has 0 bridgehead atoms. The minimum atomic E-state index is -0.434. The van der Waals surface area contributed by atoms with Gasteiger partial charge in [-0.25, -0.2) is 51.2 Å². The summed E-state index contributed by atoms with van der Waals surface area (Å²) in [5.74, 6) is -1.28. The number of benzene rings is 7. The van der Waals surface area contributed by atoms with Crippen LogP contribution in [-0.2, 0) is 21.1 Å². The van der Waals surface area contributed by atoms with Gasteiger partial charge in [-0.15, -0.1) is 0 Å². The van der Waals surface area contributed by atoms with Crippen molar-refractivity contribution in [2.75, 3.05) is 21.3 Å². The molecule has 0 saturated heterocycles. The highest BCUT2D eigenvalue weighted by molar-refractivity contribution is 6.35. The molecule has 7 aromatic carbocycles. The van der Waals surface area contributed by atoms with E-state index in [9.17, 15) is 32.3 Å². The number of aromatic nitrogens is 22. The molecule has 682 valence electrons. The lowest BCUT2D eigenvalue weighted by Gasteiger charge is -2.22. The maximum Gasteiger partial charge on any atom is 0.264 e. The molecule has 0 aliphatic heterocycles. The van der Waals surface area contributed by atoms with Crippen LogP contribution in [0, 0.1) is 17.5 Å². The molecule has 30 nitrogen and oxygen atoms in total. The molecule has 0 unspecified atom stereocenters.